The number of carboxylic acids is 1. The lowest BCUT2D eigenvalue weighted by Crippen LogP contribution is -2.42. The average Bonchev–Trinajstić information content (AvgIpc) is 2.60. The van der Waals surface area contributed by atoms with Gasteiger partial charge in [0.1, 0.15) is 0 Å². The molecule has 1 saturated heterocycles. The third-order valence-corrected chi connectivity index (χ3v) is 5.90. The lowest BCUT2D eigenvalue weighted by Gasteiger charge is -2.24. The first kappa shape index (κ1) is 21.3. The van der Waals surface area contributed by atoms with Crippen LogP contribution in [-0.4, -0.2) is 43.7 Å². The Morgan fingerprint density at radius 2 is 1.70 bits per heavy atom. The summed E-state index contributed by atoms with van der Waals surface area (Å²) in [5.74, 6) is -0.833. The molecule has 0 radical (unpaired) electrons. The Morgan fingerprint density at radius 3 is 2.26 bits per heavy atom. The van der Waals surface area contributed by atoms with E-state index in [9.17, 15) is 13.5 Å². The lowest BCUT2D eigenvalue weighted by atomic mass is 10.0. The summed E-state index contributed by atoms with van der Waals surface area (Å²) < 4.78 is 28.4. The number of benzene rings is 2. The van der Waals surface area contributed by atoms with E-state index >= 15 is 0 Å². The molecule has 1 unspecified atom stereocenters. The molecule has 3 rings (SSSR count). The largest absolute Gasteiger partial charge is 0.481 e. The molecule has 1 aliphatic heterocycles. The summed E-state index contributed by atoms with van der Waals surface area (Å²) in [5.41, 5.74) is 0.737. The zero-order valence-electron chi connectivity index (χ0n) is 15.5. The van der Waals surface area contributed by atoms with E-state index in [0.717, 1.165) is 43.8 Å². The molecule has 1 heterocycles. The van der Waals surface area contributed by atoms with Gasteiger partial charge in [-0.3, -0.25) is 4.79 Å². The summed E-state index contributed by atoms with van der Waals surface area (Å²) in [6.07, 6.45) is 0.945. The van der Waals surface area contributed by atoms with Crippen LogP contribution in [0, 0.1) is 0 Å². The molecule has 148 valence electrons. The van der Waals surface area contributed by atoms with Crippen molar-refractivity contribution >= 4 is 26.8 Å². The minimum absolute atomic E-state index is 0.0311. The number of rotatable bonds is 4. The third-order valence-electron chi connectivity index (χ3n) is 4.32. The van der Waals surface area contributed by atoms with Crippen LogP contribution in [0.15, 0.2) is 41.3 Å². The molecule has 4 N–H and O–H groups in total. The van der Waals surface area contributed by atoms with Crippen molar-refractivity contribution in [1.29, 1.82) is 0 Å². The fourth-order valence-electron chi connectivity index (χ4n) is 3.12. The maximum absolute atomic E-state index is 12.8. The number of hydrogen-bond acceptors (Lipinski definition) is 5. The summed E-state index contributed by atoms with van der Waals surface area (Å²) in [7, 11) is -3.59. The predicted molar refractivity (Wildman–Crippen MR) is 104 cm³/mol. The van der Waals surface area contributed by atoms with Crippen molar-refractivity contribution in [3.05, 3.63) is 42.0 Å². The Kier molecular flexibility index (Phi) is 7.32. The highest BCUT2D eigenvalue weighted by molar-refractivity contribution is 7.89. The maximum atomic E-state index is 12.8. The van der Waals surface area contributed by atoms with Gasteiger partial charge < -0.3 is 15.5 Å². The molecular weight excluding hydrogens is 368 g/mol. The Labute approximate surface area is 159 Å². The van der Waals surface area contributed by atoms with Crippen molar-refractivity contribution < 1.29 is 23.4 Å². The molecule has 0 amide bonds. The summed E-state index contributed by atoms with van der Waals surface area (Å²) in [4.78, 5) is 9.27. The molecule has 7 nitrogen and oxygen atoms in total. The van der Waals surface area contributed by atoms with Crippen LogP contribution in [0.1, 0.15) is 38.4 Å². The first-order chi connectivity index (χ1) is 12.7. The van der Waals surface area contributed by atoms with Gasteiger partial charge in [0.15, 0.2) is 0 Å². The van der Waals surface area contributed by atoms with E-state index in [1.165, 1.54) is 0 Å². The van der Waals surface area contributed by atoms with Crippen LogP contribution in [0.4, 0.5) is 0 Å². The Hall–Kier alpha value is -2.00. The molecule has 0 bridgehead atoms. The number of hydrogen-bond donors (Lipinski definition) is 4. The van der Waals surface area contributed by atoms with Crippen LogP contribution < -0.4 is 10.0 Å². The van der Waals surface area contributed by atoms with E-state index in [4.69, 9.17) is 9.90 Å². The van der Waals surface area contributed by atoms with Crippen molar-refractivity contribution in [1.82, 2.24) is 10.0 Å². The third kappa shape index (κ3) is 5.74. The van der Waals surface area contributed by atoms with Crippen molar-refractivity contribution in [2.24, 2.45) is 0 Å². The monoisotopic (exact) mass is 394 g/mol. The second-order valence-electron chi connectivity index (χ2n) is 6.54. The minimum atomic E-state index is -3.59. The highest BCUT2D eigenvalue weighted by Crippen LogP contribution is 2.29. The van der Waals surface area contributed by atoms with Gasteiger partial charge in [0.05, 0.1) is 11.0 Å². The van der Waals surface area contributed by atoms with Crippen LogP contribution in [-0.2, 0) is 14.8 Å². The Morgan fingerprint density at radius 1 is 1.15 bits per heavy atom. The molecular formula is C19H26N2O5S. The highest BCUT2D eigenvalue weighted by Gasteiger charge is 2.24. The van der Waals surface area contributed by atoms with E-state index in [1.54, 1.807) is 25.1 Å². The Balaban J connectivity index is 0.000000596. The number of nitrogens with one attached hydrogen (secondary N) is 2. The number of aliphatic carboxylic acids is 1. The van der Waals surface area contributed by atoms with Crippen LogP contribution in [0.5, 0.6) is 0 Å². The van der Waals surface area contributed by atoms with Gasteiger partial charge in [-0.25, -0.2) is 13.1 Å². The molecule has 1 fully saturated rings. The second kappa shape index (κ2) is 9.27. The summed E-state index contributed by atoms with van der Waals surface area (Å²) in [6.45, 7) is 4.42. The molecule has 0 spiro atoms. The van der Waals surface area contributed by atoms with Crippen molar-refractivity contribution in [2.75, 3.05) is 13.1 Å². The number of sulfonamides is 1. The number of carboxylic acid groups (broad SMARTS) is 1. The van der Waals surface area contributed by atoms with E-state index < -0.39 is 22.1 Å². The fraction of sp³-hybridized carbons (Fsp3) is 0.421. The zero-order valence-corrected chi connectivity index (χ0v) is 16.3. The second-order valence-corrected chi connectivity index (χ2v) is 8.22. The molecule has 1 atom stereocenters. The van der Waals surface area contributed by atoms with Gasteiger partial charge in [0.2, 0.25) is 10.0 Å². The zero-order chi connectivity index (χ0) is 20.0. The number of aliphatic hydroxyl groups is 1. The van der Waals surface area contributed by atoms with E-state index in [0.29, 0.717) is 5.39 Å². The lowest BCUT2D eigenvalue weighted by molar-refractivity contribution is -0.134. The van der Waals surface area contributed by atoms with E-state index in [2.05, 4.69) is 10.0 Å². The van der Waals surface area contributed by atoms with Gasteiger partial charge in [-0.05, 0) is 49.9 Å². The number of carbonyl (C=O) groups is 1. The standard InChI is InChI=1S/C17H22N2O3S.C2H4O2/c1-12(20)14-6-7-17(16-5-3-2-4-15(14)16)23(21,22)19-13-8-10-18-11-9-13;1-2(3)4/h2-7,12-13,18-20H,8-11H2,1H3;1H3,(H,3,4). The van der Waals surface area contributed by atoms with Gasteiger partial charge in [-0.15, -0.1) is 0 Å². The predicted octanol–water partition coefficient (Wildman–Crippen LogP) is 2.01. The number of piperidine rings is 1. The molecule has 1 aliphatic rings. The quantitative estimate of drug-likeness (QED) is 0.630. The summed E-state index contributed by atoms with van der Waals surface area (Å²) in [5, 5.41) is 22.0. The van der Waals surface area contributed by atoms with Crippen LogP contribution in [0.2, 0.25) is 0 Å². The summed E-state index contributed by atoms with van der Waals surface area (Å²) >= 11 is 0. The van der Waals surface area contributed by atoms with Crippen molar-refractivity contribution in [3.63, 3.8) is 0 Å². The van der Waals surface area contributed by atoms with Crippen molar-refractivity contribution in [3.8, 4) is 0 Å². The number of aliphatic hydroxyl groups excluding tert-OH is 1. The van der Waals surface area contributed by atoms with Gasteiger partial charge in [-0.1, -0.05) is 30.3 Å². The normalized spacial score (nSPS) is 16.4. The minimum Gasteiger partial charge on any atom is -0.481 e. The SMILES string of the molecule is CC(=O)O.CC(O)c1ccc(S(=O)(=O)NC2CCNCC2)c2ccccc12. The molecule has 0 aliphatic carbocycles. The molecule has 27 heavy (non-hydrogen) atoms. The average molecular weight is 394 g/mol. The summed E-state index contributed by atoms with van der Waals surface area (Å²) in [6, 6.07) is 10.6. The van der Waals surface area contributed by atoms with Gasteiger partial charge in [0.25, 0.3) is 5.97 Å². The topological polar surface area (TPSA) is 116 Å². The van der Waals surface area contributed by atoms with Crippen molar-refractivity contribution in [2.45, 2.75) is 43.7 Å². The molecule has 0 saturated carbocycles. The Bertz CT molecular complexity index is 886. The van der Waals surface area contributed by atoms with Crippen LogP contribution in [0.3, 0.4) is 0 Å². The first-order valence-electron chi connectivity index (χ1n) is 8.84. The smallest absolute Gasteiger partial charge is 0.300 e. The molecule has 0 aromatic heterocycles. The van der Waals surface area contributed by atoms with Gasteiger partial charge in [0, 0.05) is 18.4 Å². The highest BCUT2D eigenvalue weighted by atomic mass is 32.2. The van der Waals surface area contributed by atoms with Crippen LogP contribution in [0.25, 0.3) is 10.8 Å². The molecule has 2 aromatic rings. The van der Waals surface area contributed by atoms with Gasteiger partial charge >= 0.3 is 0 Å². The molecule has 2 aromatic carbocycles. The maximum Gasteiger partial charge on any atom is 0.300 e. The van der Waals surface area contributed by atoms with E-state index in [1.807, 2.05) is 18.2 Å². The molecule has 8 heteroatoms. The van der Waals surface area contributed by atoms with Gasteiger partial charge in [-0.2, -0.15) is 0 Å². The number of fused-ring (bicyclic) bond motifs is 1. The first-order valence-corrected chi connectivity index (χ1v) is 10.3. The fourth-order valence-corrected chi connectivity index (χ4v) is 4.63. The van der Waals surface area contributed by atoms with Crippen LogP contribution >= 0.6 is 0 Å². The van der Waals surface area contributed by atoms with E-state index in [-0.39, 0.29) is 10.9 Å².